The zero-order valence-corrected chi connectivity index (χ0v) is 12.7. The maximum absolute atomic E-state index is 9.23. The van der Waals surface area contributed by atoms with Crippen LogP contribution in [0.25, 0.3) is 0 Å². The summed E-state index contributed by atoms with van der Waals surface area (Å²) in [5, 5.41) is 17.9. The second kappa shape index (κ2) is 8.84. The summed E-state index contributed by atoms with van der Waals surface area (Å²) in [5.41, 5.74) is 9.14. The summed E-state index contributed by atoms with van der Waals surface area (Å²) >= 11 is 0. The Morgan fingerprint density at radius 1 is 1.15 bits per heavy atom. The second-order valence-corrected chi connectivity index (χ2v) is 4.54. The number of aliphatic hydroxyl groups is 1. The van der Waals surface area contributed by atoms with Crippen molar-refractivity contribution in [2.24, 2.45) is 5.73 Å². The number of hydrogen-bond donors (Lipinski definition) is 2. The first-order valence-electron chi connectivity index (χ1n) is 7.15. The Balaban J connectivity index is 3.19. The first-order chi connectivity index (χ1) is 9.73. The summed E-state index contributed by atoms with van der Waals surface area (Å²) in [6.07, 6.45) is 1.73. The van der Waals surface area contributed by atoms with E-state index in [4.69, 9.17) is 10.5 Å². The first kappa shape index (κ1) is 16.8. The Kier molecular flexibility index (Phi) is 7.43. The molecule has 0 spiro atoms. The molecule has 1 rings (SSSR count). The van der Waals surface area contributed by atoms with Crippen LogP contribution >= 0.6 is 0 Å². The van der Waals surface area contributed by atoms with E-state index in [1.54, 1.807) is 7.11 Å². The molecule has 0 fully saturated rings. The van der Waals surface area contributed by atoms with E-state index in [1.165, 1.54) is 5.56 Å². The smallest absolute Gasteiger partial charge is 0.156 e. The van der Waals surface area contributed by atoms with Crippen molar-refractivity contribution >= 4 is 5.82 Å². The summed E-state index contributed by atoms with van der Waals surface area (Å²) in [5.74, 6) is 0.771. The van der Waals surface area contributed by atoms with Gasteiger partial charge in [0.1, 0.15) is 0 Å². The van der Waals surface area contributed by atoms with Crippen molar-refractivity contribution in [3.63, 3.8) is 0 Å². The highest BCUT2D eigenvalue weighted by Crippen LogP contribution is 2.23. The van der Waals surface area contributed by atoms with Gasteiger partial charge in [-0.25, -0.2) is 0 Å². The van der Waals surface area contributed by atoms with E-state index in [0.717, 1.165) is 29.9 Å². The summed E-state index contributed by atoms with van der Waals surface area (Å²) in [7, 11) is 1.66. The Morgan fingerprint density at radius 3 is 2.40 bits per heavy atom. The van der Waals surface area contributed by atoms with E-state index < -0.39 is 0 Å². The third-order valence-corrected chi connectivity index (χ3v) is 3.38. The van der Waals surface area contributed by atoms with Gasteiger partial charge in [-0.15, -0.1) is 5.10 Å². The minimum absolute atomic E-state index is 0.0619. The van der Waals surface area contributed by atoms with Crippen LogP contribution in [0.2, 0.25) is 0 Å². The van der Waals surface area contributed by atoms with Gasteiger partial charge in [0, 0.05) is 32.3 Å². The van der Waals surface area contributed by atoms with Crippen LogP contribution in [0.15, 0.2) is 0 Å². The number of aromatic nitrogens is 2. The molecule has 20 heavy (non-hydrogen) atoms. The quantitative estimate of drug-likeness (QED) is 0.686. The lowest BCUT2D eigenvalue weighted by Crippen LogP contribution is -2.33. The molecule has 0 unspecified atom stereocenters. The molecule has 0 atom stereocenters. The molecule has 1 heterocycles. The van der Waals surface area contributed by atoms with E-state index >= 15 is 0 Å². The van der Waals surface area contributed by atoms with Gasteiger partial charge in [-0.05, 0) is 18.4 Å². The molecular weight excluding hydrogens is 256 g/mol. The average Bonchev–Trinajstić information content (AvgIpc) is 2.49. The highest BCUT2D eigenvalue weighted by atomic mass is 16.5. The number of anilines is 1. The topological polar surface area (TPSA) is 84.5 Å². The fraction of sp³-hybridized carbons (Fsp3) is 0.714. The van der Waals surface area contributed by atoms with Gasteiger partial charge in [-0.3, -0.25) is 0 Å². The van der Waals surface area contributed by atoms with Gasteiger partial charge in [0.05, 0.1) is 18.9 Å². The summed E-state index contributed by atoms with van der Waals surface area (Å²) in [4.78, 5) is 1.98. The summed E-state index contributed by atoms with van der Waals surface area (Å²) < 4.78 is 5.11. The zero-order valence-electron chi connectivity index (χ0n) is 12.7. The van der Waals surface area contributed by atoms with Crippen LogP contribution in [0.5, 0.6) is 0 Å². The molecule has 0 aliphatic carbocycles. The van der Waals surface area contributed by atoms with Crippen LogP contribution in [0.1, 0.15) is 30.7 Å². The van der Waals surface area contributed by atoms with Gasteiger partial charge in [-0.2, -0.15) is 5.10 Å². The number of hydrogen-bond acceptors (Lipinski definition) is 6. The Labute approximate surface area is 120 Å². The standard InChI is InChI=1S/C14H26N4O2/c1-4-11-12(10-15)14(17-16-13(11)5-2)18(6-8-19)7-9-20-3/h19H,4-10,15H2,1-3H3. The molecule has 0 saturated heterocycles. The maximum Gasteiger partial charge on any atom is 0.156 e. The molecule has 6 heteroatoms. The molecule has 3 N–H and O–H groups in total. The van der Waals surface area contributed by atoms with Crippen molar-refractivity contribution < 1.29 is 9.84 Å². The number of aliphatic hydroxyl groups excluding tert-OH is 1. The number of methoxy groups -OCH3 is 1. The van der Waals surface area contributed by atoms with Gasteiger partial charge < -0.3 is 20.5 Å². The van der Waals surface area contributed by atoms with Crippen LogP contribution < -0.4 is 10.6 Å². The fourth-order valence-electron chi connectivity index (χ4n) is 2.35. The minimum Gasteiger partial charge on any atom is -0.395 e. The molecule has 6 nitrogen and oxygen atoms in total. The molecule has 0 radical (unpaired) electrons. The van der Waals surface area contributed by atoms with Gasteiger partial charge in [-0.1, -0.05) is 13.8 Å². The lowest BCUT2D eigenvalue weighted by molar-refractivity contribution is 0.202. The number of aryl methyl sites for hydroxylation is 1. The van der Waals surface area contributed by atoms with E-state index in [-0.39, 0.29) is 6.61 Å². The van der Waals surface area contributed by atoms with Crippen LogP contribution in [0, 0.1) is 0 Å². The third-order valence-electron chi connectivity index (χ3n) is 3.38. The highest BCUT2D eigenvalue weighted by Gasteiger charge is 2.18. The molecule has 114 valence electrons. The van der Waals surface area contributed by atoms with E-state index in [9.17, 15) is 5.11 Å². The Morgan fingerprint density at radius 2 is 1.90 bits per heavy atom. The first-order valence-corrected chi connectivity index (χ1v) is 7.15. The monoisotopic (exact) mass is 282 g/mol. The molecule has 1 aromatic heterocycles. The highest BCUT2D eigenvalue weighted by molar-refractivity contribution is 5.51. The molecular formula is C14H26N4O2. The molecule has 0 bridgehead atoms. The van der Waals surface area contributed by atoms with Gasteiger partial charge >= 0.3 is 0 Å². The minimum atomic E-state index is 0.0619. The fourth-order valence-corrected chi connectivity index (χ4v) is 2.35. The Bertz CT molecular complexity index is 412. The van der Waals surface area contributed by atoms with Crippen LogP contribution in [-0.4, -0.2) is 48.7 Å². The lowest BCUT2D eigenvalue weighted by Gasteiger charge is -2.26. The van der Waals surface area contributed by atoms with Crippen molar-refractivity contribution in [2.75, 3.05) is 38.3 Å². The number of ether oxygens (including phenoxy) is 1. The third kappa shape index (κ3) is 3.88. The summed E-state index contributed by atoms with van der Waals surface area (Å²) in [6.45, 7) is 6.39. The molecule has 1 aromatic rings. The van der Waals surface area contributed by atoms with E-state index in [0.29, 0.717) is 26.2 Å². The van der Waals surface area contributed by atoms with Crippen molar-refractivity contribution in [1.29, 1.82) is 0 Å². The predicted molar refractivity (Wildman–Crippen MR) is 79.9 cm³/mol. The molecule has 0 aliphatic heterocycles. The Hall–Kier alpha value is -1.24. The molecule has 0 aromatic carbocycles. The number of nitrogens with two attached hydrogens (primary N) is 1. The maximum atomic E-state index is 9.23. The van der Waals surface area contributed by atoms with Crippen molar-refractivity contribution in [3.8, 4) is 0 Å². The van der Waals surface area contributed by atoms with Gasteiger partial charge in [0.15, 0.2) is 5.82 Å². The largest absolute Gasteiger partial charge is 0.395 e. The van der Waals surface area contributed by atoms with Crippen LogP contribution in [0.4, 0.5) is 5.82 Å². The predicted octanol–water partition coefficient (Wildman–Crippen LogP) is 0.505. The zero-order chi connectivity index (χ0) is 15.0. The van der Waals surface area contributed by atoms with Gasteiger partial charge in [0.2, 0.25) is 0 Å². The number of nitrogens with zero attached hydrogens (tertiary/aromatic N) is 3. The normalized spacial score (nSPS) is 10.8. The van der Waals surface area contributed by atoms with Gasteiger partial charge in [0.25, 0.3) is 0 Å². The van der Waals surface area contributed by atoms with E-state index in [2.05, 4.69) is 24.0 Å². The number of rotatable bonds is 9. The van der Waals surface area contributed by atoms with Crippen molar-refractivity contribution in [2.45, 2.75) is 33.2 Å². The van der Waals surface area contributed by atoms with Crippen molar-refractivity contribution in [3.05, 3.63) is 16.8 Å². The molecule has 0 saturated carbocycles. The molecule has 0 amide bonds. The molecule has 0 aliphatic rings. The average molecular weight is 282 g/mol. The van der Waals surface area contributed by atoms with Crippen LogP contribution in [-0.2, 0) is 24.1 Å². The SMILES string of the molecule is CCc1nnc(N(CCO)CCOC)c(CN)c1CC. The van der Waals surface area contributed by atoms with Crippen LogP contribution in [0.3, 0.4) is 0 Å². The second-order valence-electron chi connectivity index (χ2n) is 4.54. The lowest BCUT2D eigenvalue weighted by atomic mass is 10.0. The van der Waals surface area contributed by atoms with Crippen molar-refractivity contribution in [1.82, 2.24) is 10.2 Å². The van der Waals surface area contributed by atoms with E-state index in [1.807, 2.05) is 4.90 Å². The summed E-state index contributed by atoms with van der Waals surface area (Å²) in [6, 6.07) is 0.